The maximum atomic E-state index is 12.0. The van der Waals surface area contributed by atoms with Crippen molar-refractivity contribution in [2.75, 3.05) is 18.8 Å². The van der Waals surface area contributed by atoms with Crippen LogP contribution in [0.4, 0.5) is 5.82 Å². The molecule has 2 aromatic carbocycles. The van der Waals surface area contributed by atoms with Gasteiger partial charge < -0.3 is 15.4 Å². The smallest absolute Gasteiger partial charge is 0.245 e. The van der Waals surface area contributed by atoms with Crippen LogP contribution >= 0.6 is 0 Å². The van der Waals surface area contributed by atoms with E-state index < -0.39 is 0 Å². The fraction of sp³-hybridized carbons (Fsp3) is 0.259. The molecular weight excluding hydrogens is 440 g/mol. The lowest BCUT2D eigenvalue weighted by Gasteiger charge is -2.18. The number of carbonyl (C=O) groups excluding carboxylic acids is 1. The van der Waals surface area contributed by atoms with E-state index in [0.717, 1.165) is 59.7 Å². The number of para-hydroxylation sites is 1. The number of aromatic nitrogens is 4. The van der Waals surface area contributed by atoms with Gasteiger partial charge >= 0.3 is 0 Å². The molecule has 3 heterocycles. The van der Waals surface area contributed by atoms with Gasteiger partial charge in [-0.2, -0.15) is 5.10 Å². The number of nitrogen functional groups attached to an aromatic ring is 1. The van der Waals surface area contributed by atoms with Gasteiger partial charge in [0, 0.05) is 18.7 Å². The third-order valence-corrected chi connectivity index (χ3v) is 7.18. The van der Waals surface area contributed by atoms with Gasteiger partial charge in [0.2, 0.25) is 5.91 Å². The van der Waals surface area contributed by atoms with Crippen LogP contribution in [0.3, 0.4) is 0 Å². The van der Waals surface area contributed by atoms with Crippen LogP contribution in [0, 0.1) is 11.8 Å². The molecule has 1 amide bonds. The minimum absolute atomic E-state index is 0.0166. The first-order valence-electron chi connectivity index (χ1n) is 11.8. The van der Waals surface area contributed by atoms with E-state index in [0.29, 0.717) is 17.7 Å². The summed E-state index contributed by atoms with van der Waals surface area (Å²) in [5.74, 6) is 2.88. The van der Waals surface area contributed by atoms with Gasteiger partial charge in [-0.25, -0.2) is 14.6 Å². The standard InChI is InChI=1S/C27H26N6O2/c1-2-23(34)32-14-18-12-20(13-19(18)15-32)33-27-24(26(28)29-16-30-27)25(31-33)17-8-10-22(11-9-17)35-21-6-4-3-5-7-21/h2-11,16,18-20H,1,12-15H2,(H2,28,29,30). The van der Waals surface area contributed by atoms with Gasteiger partial charge in [0.25, 0.3) is 0 Å². The normalized spacial score (nSPS) is 21.3. The Bertz CT molecular complexity index is 1380. The van der Waals surface area contributed by atoms with E-state index in [4.69, 9.17) is 15.6 Å². The van der Waals surface area contributed by atoms with Crippen molar-refractivity contribution in [1.29, 1.82) is 0 Å². The van der Waals surface area contributed by atoms with Crippen LogP contribution in [0.25, 0.3) is 22.3 Å². The SMILES string of the molecule is C=CC(=O)N1CC2CC(n3nc(-c4ccc(Oc5ccccc5)cc4)c4c(N)ncnc43)CC2C1. The van der Waals surface area contributed by atoms with Crippen molar-refractivity contribution in [3.05, 3.63) is 73.6 Å². The molecule has 2 aromatic heterocycles. The summed E-state index contributed by atoms with van der Waals surface area (Å²) >= 11 is 0. The van der Waals surface area contributed by atoms with E-state index in [9.17, 15) is 4.79 Å². The van der Waals surface area contributed by atoms with Crippen molar-refractivity contribution in [1.82, 2.24) is 24.6 Å². The molecule has 1 aliphatic carbocycles. The van der Waals surface area contributed by atoms with Gasteiger partial charge in [0.15, 0.2) is 5.65 Å². The summed E-state index contributed by atoms with van der Waals surface area (Å²) in [7, 11) is 0. The van der Waals surface area contributed by atoms with Crippen LogP contribution in [-0.4, -0.2) is 43.6 Å². The number of hydrogen-bond acceptors (Lipinski definition) is 6. The summed E-state index contributed by atoms with van der Waals surface area (Å²) in [6.45, 7) is 5.17. The Morgan fingerprint density at radius 1 is 1.00 bits per heavy atom. The minimum Gasteiger partial charge on any atom is -0.457 e. The average Bonchev–Trinajstić information content (AvgIpc) is 3.57. The first kappa shape index (κ1) is 21.3. The quantitative estimate of drug-likeness (QED) is 0.436. The van der Waals surface area contributed by atoms with Crippen molar-refractivity contribution in [3.8, 4) is 22.8 Å². The molecule has 1 aliphatic heterocycles. The molecule has 8 heteroatoms. The molecule has 8 nitrogen and oxygen atoms in total. The number of likely N-dealkylation sites (tertiary alicyclic amines) is 1. The van der Waals surface area contributed by atoms with E-state index in [2.05, 4.69) is 16.5 Å². The fourth-order valence-corrected chi connectivity index (χ4v) is 5.53. The molecule has 2 N–H and O–H groups in total. The monoisotopic (exact) mass is 466 g/mol. The Balaban J connectivity index is 1.30. The minimum atomic E-state index is 0.0166. The van der Waals surface area contributed by atoms with Gasteiger partial charge in [-0.15, -0.1) is 0 Å². The number of amides is 1. The zero-order chi connectivity index (χ0) is 23.9. The lowest BCUT2D eigenvalue weighted by molar-refractivity contribution is -0.125. The third-order valence-electron chi connectivity index (χ3n) is 7.18. The molecule has 0 bridgehead atoms. The molecule has 1 saturated heterocycles. The molecule has 2 fully saturated rings. The Morgan fingerprint density at radius 3 is 2.37 bits per heavy atom. The van der Waals surface area contributed by atoms with Crippen LogP contribution in [0.1, 0.15) is 18.9 Å². The number of rotatable bonds is 5. The Hall–Kier alpha value is -4.20. The van der Waals surface area contributed by atoms with Crippen molar-refractivity contribution < 1.29 is 9.53 Å². The molecule has 176 valence electrons. The number of carbonyl (C=O) groups is 1. The van der Waals surface area contributed by atoms with E-state index in [-0.39, 0.29) is 11.9 Å². The van der Waals surface area contributed by atoms with Crippen molar-refractivity contribution in [2.24, 2.45) is 11.8 Å². The number of nitrogens with two attached hydrogens (primary N) is 1. The molecule has 1 saturated carbocycles. The maximum Gasteiger partial charge on any atom is 0.245 e. The topological polar surface area (TPSA) is 99.2 Å². The highest BCUT2D eigenvalue weighted by atomic mass is 16.5. The highest BCUT2D eigenvalue weighted by Gasteiger charge is 2.43. The van der Waals surface area contributed by atoms with Crippen LogP contribution in [0.5, 0.6) is 11.5 Å². The maximum absolute atomic E-state index is 12.0. The van der Waals surface area contributed by atoms with Crippen molar-refractivity contribution in [2.45, 2.75) is 18.9 Å². The number of ether oxygens (including phenoxy) is 1. The van der Waals surface area contributed by atoms with E-state index >= 15 is 0 Å². The lowest BCUT2D eigenvalue weighted by Crippen LogP contribution is -2.28. The van der Waals surface area contributed by atoms with Crippen LogP contribution in [0.2, 0.25) is 0 Å². The van der Waals surface area contributed by atoms with Crippen molar-refractivity contribution in [3.63, 3.8) is 0 Å². The lowest BCUT2D eigenvalue weighted by atomic mass is 10.0. The van der Waals surface area contributed by atoms with E-state index in [1.807, 2.05) is 64.2 Å². The molecule has 0 radical (unpaired) electrons. The molecule has 2 aliphatic rings. The Morgan fingerprint density at radius 2 is 1.69 bits per heavy atom. The van der Waals surface area contributed by atoms with Crippen LogP contribution < -0.4 is 10.5 Å². The molecule has 6 rings (SSSR count). The summed E-state index contributed by atoms with van der Waals surface area (Å²) in [4.78, 5) is 22.8. The van der Waals surface area contributed by atoms with Crippen LogP contribution in [-0.2, 0) is 4.79 Å². The van der Waals surface area contributed by atoms with Crippen molar-refractivity contribution >= 4 is 22.8 Å². The van der Waals surface area contributed by atoms with Gasteiger partial charge in [-0.3, -0.25) is 4.79 Å². The predicted octanol–water partition coefficient (Wildman–Crippen LogP) is 4.46. The molecule has 0 spiro atoms. The van der Waals surface area contributed by atoms with Gasteiger partial charge in [-0.1, -0.05) is 24.8 Å². The second kappa shape index (κ2) is 8.54. The summed E-state index contributed by atoms with van der Waals surface area (Å²) in [6, 6.07) is 17.7. The second-order valence-electron chi connectivity index (χ2n) is 9.28. The van der Waals surface area contributed by atoms with Crippen LogP contribution in [0.15, 0.2) is 73.6 Å². The number of nitrogens with zero attached hydrogens (tertiary/aromatic N) is 5. The molecule has 4 aromatic rings. The number of benzene rings is 2. The number of hydrogen-bond donors (Lipinski definition) is 1. The summed E-state index contributed by atoms with van der Waals surface area (Å²) in [5, 5.41) is 5.78. The summed E-state index contributed by atoms with van der Waals surface area (Å²) < 4.78 is 7.96. The van der Waals surface area contributed by atoms with E-state index in [1.165, 1.54) is 12.4 Å². The Labute approximate surface area is 203 Å². The predicted molar refractivity (Wildman–Crippen MR) is 134 cm³/mol. The fourth-order valence-electron chi connectivity index (χ4n) is 5.53. The van der Waals surface area contributed by atoms with E-state index in [1.54, 1.807) is 0 Å². The largest absolute Gasteiger partial charge is 0.457 e. The third kappa shape index (κ3) is 3.80. The summed E-state index contributed by atoms with van der Waals surface area (Å²) in [6.07, 6.45) is 4.81. The highest BCUT2D eigenvalue weighted by Crippen LogP contribution is 2.45. The highest BCUT2D eigenvalue weighted by molar-refractivity contribution is 5.98. The van der Waals surface area contributed by atoms with Gasteiger partial charge in [0.1, 0.15) is 29.3 Å². The zero-order valence-corrected chi connectivity index (χ0v) is 19.2. The van der Waals surface area contributed by atoms with Gasteiger partial charge in [0.05, 0.1) is 11.4 Å². The molecular formula is C27H26N6O2. The zero-order valence-electron chi connectivity index (χ0n) is 19.2. The molecule has 2 unspecified atom stereocenters. The Kier molecular flexibility index (Phi) is 5.21. The molecule has 35 heavy (non-hydrogen) atoms. The second-order valence-corrected chi connectivity index (χ2v) is 9.28. The average molecular weight is 467 g/mol. The van der Waals surface area contributed by atoms with Gasteiger partial charge in [-0.05, 0) is 67.2 Å². The summed E-state index contributed by atoms with van der Waals surface area (Å²) in [5.41, 5.74) is 8.76. The number of fused-ring (bicyclic) bond motifs is 2. The first-order valence-corrected chi connectivity index (χ1v) is 11.8. The number of anilines is 1. The molecule has 2 atom stereocenters. The first-order chi connectivity index (χ1) is 17.1.